The summed E-state index contributed by atoms with van der Waals surface area (Å²) in [7, 11) is 0. The number of fused-ring (bicyclic) bond motifs is 1. The highest BCUT2D eigenvalue weighted by atomic mass is 19.1. The lowest BCUT2D eigenvalue weighted by atomic mass is 9.78. The van der Waals surface area contributed by atoms with Crippen LogP contribution < -0.4 is 0 Å². The third-order valence-electron chi connectivity index (χ3n) is 5.85. The van der Waals surface area contributed by atoms with Gasteiger partial charge in [-0.05, 0) is 72.9 Å². The summed E-state index contributed by atoms with van der Waals surface area (Å²) in [6.45, 7) is 2.14. The van der Waals surface area contributed by atoms with Crippen LogP contribution in [0.2, 0.25) is 0 Å². The SMILES string of the molecule is CCCCCCCc1cc(F)c(C2CCc3c(cc(F)c(C#N)c3F)C2)c(F)c1. The van der Waals surface area contributed by atoms with Crippen LogP contribution in [0.15, 0.2) is 18.2 Å². The molecule has 1 unspecified atom stereocenters. The van der Waals surface area contributed by atoms with Gasteiger partial charge >= 0.3 is 0 Å². The third kappa shape index (κ3) is 4.63. The Bertz CT molecular complexity index is 906. The summed E-state index contributed by atoms with van der Waals surface area (Å²) in [4.78, 5) is 0. The molecule has 0 bridgehead atoms. The van der Waals surface area contributed by atoms with Crippen molar-refractivity contribution in [3.8, 4) is 6.07 Å². The van der Waals surface area contributed by atoms with Crippen LogP contribution in [-0.2, 0) is 19.3 Å². The number of benzene rings is 2. The van der Waals surface area contributed by atoms with Gasteiger partial charge in [0, 0.05) is 5.56 Å². The molecule has 1 nitrogen and oxygen atoms in total. The lowest BCUT2D eigenvalue weighted by Gasteiger charge is -2.26. The van der Waals surface area contributed by atoms with Crippen LogP contribution in [0.5, 0.6) is 0 Å². The highest BCUT2D eigenvalue weighted by molar-refractivity contribution is 5.44. The van der Waals surface area contributed by atoms with E-state index in [-0.39, 0.29) is 24.0 Å². The van der Waals surface area contributed by atoms with Crippen molar-refractivity contribution in [2.24, 2.45) is 0 Å². The molecule has 1 aliphatic carbocycles. The van der Waals surface area contributed by atoms with Crippen molar-refractivity contribution in [1.82, 2.24) is 0 Å². The van der Waals surface area contributed by atoms with Crippen LogP contribution in [0, 0.1) is 34.6 Å². The summed E-state index contributed by atoms with van der Waals surface area (Å²) in [6.07, 6.45) is 6.74. The van der Waals surface area contributed by atoms with E-state index < -0.39 is 34.8 Å². The van der Waals surface area contributed by atoms with Crippen molar-refractivity contribution in [2.75, 3.05) is 0 Å². The molecule has 0 saturated carbocycles. The Kier molecular flexibility index (Phi) is 6.95. The highest BCUT2D eigenvalue weighted by Gasteiger charge is 2.29. The Morgan fingerprint density at radius 3 is 2.31 bits per heavy atom. The van der Waals surface area contributed by atoms with Gasteiger partial charge in [0.2, 0.25) is 0 Å². The molecule has 0 amide bonds. The van der Waals surface area contributed by atoms with E-state index in [1.807, 2.05) is 0 Å². The Balaban J connectivity index is 1.77. The van der Waals surface area contributed by atoms with E-state index in [2.05, 4.69) is 6.92 Å². The lowest BCUT2D eigenvalue weighted by Crippen LogP contribution is -2.18. The van der Waals surface area contributed by atoms with Crippen molar-refractivity contribution in [3.05, 3.63) is 69.3 Å². The fraction of sp³-hybridized carbons (Fsp3) is 0.458. The molecule has 2 aromatic rings. The molecule has 0 aromatic heterocycles. The van der Waals surface area contributed by atoms with E-state index in [1.165, 1.54) is 24.6 Å². The molecule has 5 heteroatoms. The van der Waals surface area contributed by atoms with Crippen LogP contribution in [0.4, 0.5) is 17.6 Å². The molecular weight excluding hydrogens is 378 g/mol. The van der Waals surface area contributed by atoms with Gasteiger partial charge in [-0.1, -0.05) is 32.6 Å². The second-order valence-electron chi connectivity index (χ2n) is 7.87. The van der Waals surface area contributed by atoms with E-state index in [1.54, 1.807) is 0 Å². The maximum atomic E-state index is 14.7. The van der Waals surface area contributed by atoms with Gasteiger partial charge in [-0.15, -0.1) is 0 Å². The van der Waals surface area contributed by atoms with E-state index in [4.69, 9.17) is 5.26 Å². The third-order valence-corrected chi connectivity index (χ3v) is 5.85. The maximum Gasteiger partial charge on any atom is 0.147 e. The molecule has 0 aliphatic heterocycles. The number of nitrogens with zero attached hydrogens (tertiary/aromatic N) is 1. The molecule has 1 aliphatic rings. The van der Waals surface area contributed by atoms with Crippen LogP contribution in [0.1, 0.15) is 79.2 Å². The molecule has 0 N–H and O–H groups in total. The number of halogens is 4. The molecule has 0 heterocycles. The van der Waals surface area contributed by atoms with Gasteiger partial charge in [0.25, 0.3) is 0 Å². The first-order valence-electron chi connectivity index (χ1n) is 10.3. The average Bonchev–Trinajstić information content (AvgIpc) is 2.67. The molecule has 0 spiro atoms. The summed E-state index contributed by atoms with van der Waals surface area (Å²) in [5.41, 5.74) is 0.711. The predicted octanol–water partition coefficient (Wildman–Crippen LogP) is 6.90. The van der Waals surface area contributed by atoms with Crippen molar-refractivity contribution >= 4 is 0 Å². The van der Waals surface area contributed by atoms with Crippen molar-refractivity contribution in [1.29, 1.82) is 5.26 Å². The topological polar surface area (TPSA) is 23.8 Å². The number of nitriles is 1. The van der Waals surface area contributed by atoms with Gasteiger partial charge in [-0.25, -0.2) is 17.6 Å². The monoisotopic (exact) mass is 403 g/mol. The van der Waals surface area contributed by atoms with Crippen molar-refractivity contribution < 1.29 is 17.6 Å². The Hall–Kier alpha value is -2.35. The minimum absolute atomic E-state index is 0.00411. The minimum Gasteiger partial charge on any atom is -0.207 e. The normalized spacial score (nSPS) is 15.8. The van der Waals surface area contributed by atoms with Crippen molar-refractivity contribution in [3.63, 3.8) is 0 Å². The van der Waals surface area contributed by atoms with Gasteiger partial charge < -0.3 is 0 Å². The fourth-order valence-electron chi connectivity index (χ4n) is 4.30. The quantitative estimate of drug-likeness (QED) is 0.364. The van der Waals surface area contributed by atoms with Crippen LogP contribution in [-0.4, -0.2) is 0 Å². The zero-order valence-electron chi connectivity index (χ0n) is 16.6. The minimum atomic E-state index is -0.927. The Morgan fingerprint density at radius 1 is 0.966 bits per heavy atom. The smallest absolute Gasteiger partial charge is 0.147 e. The van der Waals surface area contributed by atoms with Crippen LogP contribution in [0.3, 0.4) is 0 Å². The largest absolute Gasteiger partial charge is 0.207 e. The lowest BCUT2D eigenvalue weighted by molar-refractivity contribution is 0.475. The van der Waals surface area contributed by atoms with Gasteiger partial charge in [-0.2, -0.15) is 5.26 Å². The predicted molar refractivity (Wildman–Crippen MR) is 105 cm³/mol. The molecule has 3 rings (SSSR count). The first-order valence-corrected chi connectivity index (χ1v) is 10.3. The van der Waals surface area contributed by atoms with Crippen LogP contribution in [0.25, 0.3) is 0 Å². The van der Waals surface area contributed by atoms with Crippen LogP contribution >= 0.6 is 0 Å². The van der Waals surface area contributed by atoms with Gasteiger partial charge in [0.05, 0.1) is 0 Å². The molecular formula is C24H25F4N. The zero-order chi connectivity index (χ0) is 21.0. The average molecular weight is 403 g/mol. The molecule has 2 aromatic carbocycles. The Morgan fingerprint density at radius 2 is 1.66 bits per heavy atom. The van der Waals surface area contributed by atoms with Gasteiger partial charge in [-0.3, -0.25) is 0 Å². The summed E-state index contributed by atoms with van der Waals surface area (Å²) in [5.74, 6) is -3.43. The summed E-state index contributed by atoms with van der Waals surface area (Å²) in [5, 5.41) is 8.90. The van der Waals surface area contributed by atoms with Gasteiger partial charge in [0.1, 0.15) is 34.9 Å². The molecule has 154 valence electrons. The standard InChI is InChI=1S/C24H25F4N/c1-2-3-4-5-6-7-15-10-21(26)23(22(27)11-15)16-8-9-18-17(12-16)13-20(25)19(14-29)24(18)28/h10-11,13,16H,2-9,12H2,1H3. The number of hydrogen-bond donors (Lipinski definition) is 0. The number of unbranched alkanes of at least 4 members (excludes halogenated alkanes) is 4. The number of hydrogen-bond acceptors (Lipinski definition) is 1. The molecule has 1 atom stereocenters. The second-order valence-corrected chi connectivity index (χ2v) is 7.87. The maximum absolute atomic E-state index is 14.7. The Labute approximate surface area is 169 Å². The summed E-state index contributed by atoms with van der Waals surface area (Å²) < 4.78 is 57.8. The second kappa shape index (κ2) is 9.43. The van der Waals surface area contributed by atoms with E-state index in [0.717, 1.165) is 31.7 Å². The van der Waals surface area contributed by atoms with E-state index >= 15 is 0 Å². The first-order chi connectivity index (χ1) is 14.0. The molecule has 29 heavy (non-hydrogen) atoms. The first kappa shape index (κ1) is 21.4. The molecule has 0 fully saturated rings. The van der Waals surface area contributed by atoms with Gasteiger partial charge in [0.15, 0.2) is 0 Å². The highest BCUT2D eigenvalue weighted by Crippen LogP contribution is 2.37. The molecule has 0 saturated heterocycles. The summed E-state index contributed by atoms with van der Waals surface area (Å²) in [6, 6.07) is 5.46. The van der Waals surface area contributed by atoms with E-state index in [0.29, 0.717) is 24.0 Å². The van der Waals surface area contributed by atoms with Crippen molar-refractivity contribution in [2.45, 2.75) is 70.6 Å². The van der Waals surface area contributed by atoms with E-state index in [9.17, 15) is 17.6 Å². The summed E-state index contributed by atoms with van der Waals surface area (Å²) >= 11 is 0. The zero-order valence-corrected chi connectivity index (χ0v) is 16.6. The number of aryl methyl sites for hydroxylation is 1. The fourth-order valence-corrected chi connectivity index (χ4v) is 4.30. The molecule has 0 radical (unpaired) electrons. The number of rotatable bonds is 7.